The highest BCUT2D eigenvalue weighted by molar-refractivity contribution is 9.10. The normalized spacial score (nSPS) is 23.3. The van der Waals surface area contributed by atoms with E-state index < -0.39 is 0 Å². The van der Waals surface area contributed by atoms with Crippen LogP contribution in [0.25, 0.3) is 0 Å². The van der Waals surface area contributed by atoms with E-state index in [4.69, 9.17) is 0 Å². The summed E-state index contributed by atoms with van der Waals surface area (Å²) in [5, 5.41) is 0. The van der Waals surface area contributed by atoms with E-state index in [2.05, 4.69) is 25.8 Å². The molecule has 1 amide bonds. The van der Waals surface area contributed by atoms with E-state index in [1.165, 1.54) is 0 Å². The smallest absolute Gasteiger partial charge is 0.249 e. The van der Waals surface area contributed by atoms with E-state index >= 15 is 0 Å². The first kappa shape index (κ1) is 12.0. The molecule has 1 aliphatic heterocycles. The quantitative estimate of drug-likeness (QED) is 0.748. The fraction of sp³-hybridized carbons (Fsp3) is 0.538. The maximum absolute atomic E-state index is 12.3. The van der Waals surface area contributed by atoms with Crippen LogP contribution in [0.2, 0.25) is 0 Å². The molecule has 1 unspecified atom stereocenters. The minimum Gasteiger partial charge on any atom is -0.340 e. The summed E-state index contributed by atoms with van der Waals surface area (Å²) in [6, 6.07) is 2.33. The average Bonchev–Trinajstić information content (AvgIpc) is 3.09. The van der Waals surface area contributed by atoms with Crippen LogP contribution in [0.4, 0.5) is 11.5 Å². The number of likely N-dealkylation sites (N-methyl/N-ethyl adjacent to an activating group) is 1. The number of aromatic nitrogens is 1. The first-order chi connectivity index (χ1) is 8.50. The van der Waals surface area contributed by atoms with Crippen LogP contribution >= 0.6 is 15.9 Å². The zero-order valence-corrected chi connectivity index (χ0v) is 12.4. The Balaban J connectivity index is 2.21. The van der Waals surface area contributed by atoms with Crippen molar-refractivity contribution >= 4 is 33.3 Å². The van der Waals surface area contributed by atoms with Gasteiger partial charge in [0, 0.05) is 13.1 Å². The molecule has 1 aromatic rings. The second-order valence-corrected chi connectivity index (χ2v) is 5.96. The number of carbonyl (C=O) groups is 1. The first-order valence-electron chi connectivity index (χ1n) is 6.23. The van der Waals surface area contributed by atoms with Crippen molar-refractivity contribution in [2.75, 3.05) is 16.8 Å². The zero-order chi connectivity index (χ0) is 13.0. The van der Waals surface area contributed by atoms with Gasteiger partial charge in [-0.1, -0.05) is 0 Å². The molecule has 96 valence electrons. The van der Waals surface area contributed by atoms with E-state index in [9.17, 15) is 4.79 Å². The SMILES string of the molecule is Cc1cc(Br)nc2c1N(C)C(=O)C(C)N2C1CC1. The average molecular weight is 310 g/mol. The first-order valence-corrected chi connectivity index (χ1v) is 7.03. The Morgan fingerprint density at radius 2 is 2.11 bits per heavy atom. The van der Waals surface area contributed by atoms with E-state index in [1.807, 2.05) is 27.0 Å². The molecule has 18 heavy (non-hydrogen) atoms. The highest BCUT2D eigenvalue weighted by Crippen LogP contribution is 2.43. The lowest BCUT2D eigenvalue weighted by atomic mass is 10.1. The summed E-state index contributed by atoms with van der Waals surface area (Å²) in [5.41, 5.74) is 2.04. The number of hydrogen-bond donors (Lipinski definition) is 0. The van der Waals surface area contributed by atoms with Gasteiger partial charge in [0.05, 0.1) is 5.69 Å². The Labute approximate surface area is 115 Å². The highest BCUT2D eigenvalue weighted by Gasteiger charge is 2.42. The van der Waals surface area contributed by atoms with Gasteiger partial charge in [0.1, 0.15) is 10.6 Å². The van der Waals surface area contributed by atoms with Crippen molar-refractivity contribution in [3.05, 3.63) is 16.2 Å². The minimum absolute atomic E-state index is 0.115. The molecule has 1 aromatic heterocycles. The van der Waals surface area contributed by atoms with E-state index in [0.717, 1.165) is 34.5 Å². The Kier molecular flexibility index (Phi) is 2.62. The second kappa shape index (κ2) is 3.95. The van der Waals surface area contributed by atoms with Gasteiger partial charge in [0.25, 0.3) is 0 Å². The molecular weight excluding hydrogens is 294 g/mol. The van der Waals surface area contributed by atoms with Gasteiger partial charge in [-0.2, -0.15) is 0 Å². The number of aryl methyl sites for hydroxylation is 1. The Morgan fingerprint density at radius 3 is 2.72 bits per heavy atom. The summed E-state index contributed by atoms with van der Waals surface area (Å²) in [6.07, 6.45) is 2.32. The monoisotopic (exact) mass is 309 g/mol. The molecule has 1 fully saturated rings. The molecule has 0 spiro atoms. The lowest BCUT2D eigenvalue weighted by Crippen LogP contribution is -2.52. The fourth-order valence-electron chi connectivity index (χ4n) is 2.74. The van der Waals surface area contributed by atoms with Gasteiger partial charge in [0.15, 0.2) is 5.82 Å². The van der Waals surface area contributed by atoms with Crippen LogP contribution in [0.3, 0.4) is 0 Å². The summed E-state index contributed by atoms with van der Waals surface area (Å²) in [4.78, 5) is 20.8. The van der Waals surface area contributed by atoms with Gasteiger partial charge in [-0.15, -0.1) is 0 Å². The van der Waals surface area contributed by atoms with Gasteiger partial charge < -0.3 is 9.80 Å². The number of pyridine rings is 1. The molecule has 0 aromatic carbocycles. The topological polar surface area (TPSA) is 36.4 Å². The Morgan fingerprint density at radius 1 is 1.44 bits per heavy atom. The van der Waals surface area contributed by atoms with Crippen molar-refractivity contribution in [2.24, 2.45) is 0 Å². The molecule has 0 bridgehead atoms. The van der Waals surface area contributed by atoms with Crippen LogP contribution in [0.5, 0.6) is 0 Å². The number of fused-ring (bicyclic) bond motifs is 1. The zero-order valence-electron chi connectivity index (χ0n) is 10.8. The van der Waals surface area contributed by atoms with Crippen molar-refractivity contribution < 1.29 is 4.79 Å². The number of anilines is 2. The lowest BCUT2D eigenvalue weighted by molar-refractivity contribution is -0.119. The van der Waals surface area contributed by atoms with Gasteiger partial charge >= 0.3 is 0 Å². The number of nitrogens with zero attached hydrogens (tertiary/aromatic N) is 3. The largest absolute Gasteiger partial charge is 0.340 e. The molecule has 0 radical (unpaired) electrons. The molecule has 0 saturated heterocycles. The molecule has 4 nitrogen and oxygen atoms in total. The van der Waals surface area contributed by atoms with Crippen molar-refractivity contribution in [1.82, 2.24) is 4.98 Å². The fourth-order valence-corrected chi connectivity index (χ4v) is 3.25. The number of carbonyl (C=O) groups excluding carboxylic acids is 1. The van der Waals surface area contributed by atoms with Gasteiger partial charge in [-0.05, 0) is 54.2 Å². The van der Waals surface area contributed by atoms with Crippen LogP contribution in [0, 0.1) is 6.92 Å². The number of amides is 1. The predicted molar refractivity (Wildman–Crippen MR) is 75.0 cm³/mol. The van der Waals surface area contributed by atoms with Crippen molar-refractivity contribution in [2.45, 2.75) is 38.8 Å². The molecule has 5 heteroatoms. The third kappa shape index (κ3) is 1.64. The summed E-state index contributed by atoms with van der Waals surface area (Å²) >= 11 is 3.45. The van der Waals surface area contributed by atoms with Crippen molar-refractivity contribution in [3.8, 4) is 0 Å². The number of rotatable bonds is 1. The van der Waals surface area contributed by atoms with Gasteiger partial charge in [-0.3, -0.25) is 4.79 Å². The van der Waals surface area contributed by atoms with E-state index in [1.54, 1.807) is 4.90 Å². The maximum atomic E-state index is 12.3. The van der Waals surface area contributed by atoms with E-state index in [0.29, 0.717) is 6.04 Å². The molecule has 0 N–H and O–H groups in total. The summed E-state index contributed by atoms with van der Waals surface area (Å²) in [7, 11) is 1.84. The lowest BCUT2D eigenvalue weighted by Gasteiger charge is -2.40. The van der Waals surface area contributed by atoms with E-state index in [-0.39, 0.29) is 11.9 Å². The summed E-state index contributed by atoms with van der Waals surface area (Å²) in [6.45, 7) is 3.99. The standard InChI is InChI=1S/C13H16BrN3O/c1-7-6-10(14)15-12-11(7)16(3)13(18)8(2)17(12)9-4-5-9/h6,8-9H,4-5H2,1-3H3. The summed E-state index contributed by atoms with van der Waals surface area (Å²) in [5.74, 6) is 1.10. The third-order valence-electron chi connectivity index (χ3n) is 3.76. The molecule has 2 heterocycles. The van der Waals surface area contributed by atoms with Crippen LogP contribution < -0.4 is 9.80 Å². The van der Waals surface area contributed by atoms with Crippen LogP contribution in [0.15, 0.2) is 10.7 Å². The number of hydrogen-bond acceptors (Lipinski definition) is 3. The molecule has 1 saturated carbocycles. The van der Waals surface area contributed by atoms with Crippen molar-refractivity contribution in [1.29, 1.82) is 0 Å². The second-order valence-electron chi connectivity index (χ2n) is 5.15. The molecule has 1 atom stereocenters. The predicted octanol–water partition coefficient (Wildman–Crippen LogP) is 2.49. The molecule has 3 rings (SSSR count). The number of halogens is 1. The molecular formula is C13H16BrN3O. The van der Waals surface area contributed by atoms with Gasteiger partial charge in [0.2, 0.25) is 5.91 Å². The molecule has 2 aliphatic rings. The van der Waals surface area contributed by atoms with Crippen LogP contribution in [-0.2, 0) is 4.79 Å². The summed E-state index contributed by atoms with van der Waals surface area (Å²) < 4.78 is 0.833. The van der Waals surface area contributed by atoms with Crippen LogP contribution in [0.1, 0.15) is 25.3 Å². The Hall–Kier alpha value is -1.10. The highest BCUT2D eigenvalue weighted by atomic mass is 79.9. The van der Waals surface area contributed by atoms with Gasteiger partial charge in [-0.25, -0.2) is 4.98 Å². The van der Waals surface area contributed by atoms with Crippen molar-refractivity contribution in [3.63, 3.8) is 0 Å². The van der Waals surface area contributed by atoms with Crippen LogP contribution in [-0.4, -0.2) is 30.0 Å². The molecule has 1 aliphatic carbocycles. The minimum atomic E-state index is -0.115. The Bertz CT molecular complexity index is 527. The third-order valence-corrected chi connectivity index (χ3v) is 4.17. The maximum Gasteiger partial charge on any atom is 0.249 e.